The van der Waals surface area contributed by atoms with Gasteiger partial charge in [0.25, 0.3) is 5.91 Å². The fourth-order valence-electron chi connectivity index (χ4n) is 6.40. The number of aromatic nitrogens is 3. The van der Waals surface area contributed by atoms with E-state index in [0.29, 0.717) is 35.1 Å². The van der Waals surface area contributed by atoms with Crippen LogP contribution in [0.25, 0.3) is 11.0 Å². The van der Waals surface area contributed by atoms with Gasteiger partial charge in [0.15, 0.2) is 0 Å². The number of carbonyl (C=O) groups excluding carboxylic acids is 1. The number of pyridine rings is 1. The third-order valence-electron chi connectivity index (χ3n) is 9.29. The number of nitrogens with one attached hydrogen (secondary N) is 1. The number of hydrogen-bond acceptors (Lipinski definition) is 7. The summed E-state index contributed by atoms with van der Waals surface area (Å²) in [5, 5.41) is 12.8. The largest absolute Gasteiger partial charge is 0.508 e. The summed E-state index contributed by atoms with van der Waals surface area (Å²) in [6, 6.07) is 22.7. The first-order valence-electron chi connectivity index (χ1n) is 16.5. The van der Waals surface area contributed by atoms with Crippen molar-refractivity contribution in [3.05, 3.63) is 118 Å². The molecule has 7 rings (SSSR count). The van der Waals surface area contributed by atoms with E-state index in [1.54, 1.807) is 42.5 Å². The Morgan fingerprint density at radius 2 is 1.86 bits per heavy atom. The fourth-order valence-corrected chi connectivity index (χ4v) is 7.10. The number of likely N-dealkylation sites (tertiary alicyclic amines) is 1. The first-order chi connectivity index (χ1) is 23.8. The number of nitrogens with zero attached hydrogens (tertiary/aromatic N) is 4. The van der Waals surface area contributed by atoms with Gasteiger partial charge in [-0.05, 0) is 86.4 Å². The van der Waals surface area contributed by atoms with Crippen molar-refractivity contribution < 1.29 is 23.8 Å². The van der Waals surface area contributed by atoms with Crippen molar-refractivity contribution in [3.8, 4) is 11.6 Å². The highest BCUT2D eigenvalue weighted by molar-refractivity contribution is 6.30. The van der Waals surface area contributed by atoms with Gasteiger partial charge in [-0.3, -0.25) is 9.69 Å². The third-order valence-corrected chi connectivity index (χ3v) is 10.2. The van der Waals surface area contributed by atoms with Gasteiger partial charge in [0.1, 0.15) is 24.0 Å². The minimum absolute atomic E-state index is 0.0450. The Balaban J connectivity index is 1.02. The molecule has 4 heterocycles. The lowest BCUT2D eigenvalue weighted by molar-refractivity contribution is -0.0632. The maximum atomic E-state index is 14.2. The summed E-state index contributed by atoms with van der Waals surface area (Å²) in [4.78, 5) is 25.3. The zero-order chi connectivity index (χ0) is 33.9. The minimum Gasteiger partial charge on any atom is -0.508 e. The average Bonchev–Trinajstić information content (AvgIpc) is 3.44. The van der Waals surface area contributed by atoms with Crippen LogP contribution < -0.4 is 10.1 Å². The molecule has 0 unspecified atom stereocenters. The number of rotatable bonds is 11. The van der Waals surface area contributed by atoms with Crippen molar-refractivity contribution in [1.82, 2.24) is 24.8 Å². The van der Waals surface area contributed by atoms with Gasteiger partial charge in [-0.1, -0.05) is 35.9 Å². The Kier molecular flexibility index (Phi) is 9.95. The molecule has 3 aromatic carbocycles. The SMILES string of the molecule is O=C(NCc1ccc(O)cc1)c1ccc2c(c1)nc(CN1CCC(c3cccc(OCc4ccc(Cl)cc4F)n3)CC1)n2[C@H]([Si])[C@@H]1CCO1. The van der Waals surface area contributed by atoms with Crippen molar-refractivity contribution in [2.75, 3.05) is 19.7 Å². The molecule has 49 heavy (non-hydrogen) atoms. The van der Waals surface area contributed by atoms with E-state index in [0.717, 1.165) is 67.1 Å². The van der Waals surface area contributed by atoms with Gasteiger partial charge in [-0.2, -0.15) is 0 Å². The fraction of sp³-hybridized carbons (Fsp3) is 0.324. The first kappa shape index (κ1) is 33.2. The zero-order valence-corrected chi connectivity index (χ0v) is 28.6. The van der Waals surface area contributed by atoms with Crippen molar-refractivity contribution >= 4 is 38.8 Å². The molecule has 12 heteroatoms. The van der Waals surface area contributed by atoms with Crippen LogP contribution in [-0.4, -0.2) is 66.5 Å². The molecule has 2 aliphatic heterocycles. The Bertz CT molecular complexity index is 1950. The number of imidazole rings is 1. The van der Waals surface area contributed by atoms with Crippen LogP contribution in [-0.2, 0) is 24.4 Å². The van der Waals surface area contributed by atoms with Gasteiger partial charge >= 0.3 is 0 Å². The molecule has 2 fully saturated rings. The molecule has 5 aromatic rings. The van der Waals surface area contributed by atoms with Gasteiger partial charge < -0.3 is 24.5 Å². The Labute approximate surface area is 292 Å². The number of amides is 1. The maximum absolute atomic E-state index is 14.2. The lowest BCUT2D eigenvalue weighted by Crippen LogP contribution is -2.38. The van der Waals surface area contributed by atoms with Crippen LogP contribution in [0.5, 0.6) is 11.6 Å². The predicted molar refractivity (Wildman–Crippen MR) is 185 cm³/mol. The monoisotopic (exact) mass is 696 g/mol. The molecule has 251 valence electrons. The number of carbonyl (C=O) groups is 1. The molecule has 2 N–H and O–H groups in total. The molecule has 9 nitrogen and oxygen atoms in total. The topological polar surface area (TPSA) is 102 Å². The van der Waals surface area contributed by atoms with Crippen molar-refractivity contribution in [2.24, 2.45) is 0 Å². The van der Waals surface area contributed by atoms with E-state index >= 15 is 0 Å². The quantitative estimate of drug-likeness (QED) is 0.157. The summed E-state index contributed by atoms with van der Waals surface area (Å²) in [7, 11) is 3.96. The number of hydrogen-bond donors (Lipinski definition) is 2. The van der Waals surface area contributed by atoms with Crippen LogP contribution in [0.3, 0.4) is 0 Å². The standard InChI is InChI=1S/C37H36ClFN5O4Si/c38-27-8-6-26(29(39)19-27)22-48-35-3-1-2-30(42-35)24-12-15-43(16-13-24)21-34-41-31-18-25(36(46)40-20-23-4-9-28(45)10-5-23)7-11-32(31)44(34)37(49)33-14-17-47-33/h1-11,18-19,24,33,37,45H,12-17,20-22H2,(H,40,46)/t33-,37+/m0/s1. The number of halogens is 2. The number of piperidine rings is 1. The molecular formula is C37H36ClFN5O4Si. The van der Waals surface area contributed by atoms with E-state index in [1.165, 1.54) is 6.07 Å². The van der Waals surface area contributed by atoms with Crippen molar-refractivity contribution in [2.45, 2.75) is 56.6 Å². The van der Waals surface area contributed by atoms with Gasteiger partial charge in [-0.25, -0.2) is 14.4 Å². The molecule has 0 bridgehead atoms. The number of benzene rings is 3. The van der Waals surface area contributed by atoms with E-state index < -0.39 is 5.82 Å². The highest BCUT2D eigenvalue weighted by Crippen LogP contribution is 2.32. The normalized spacial score (nSPS) is 17.5. The van der Waals surface area contributed by atoms with E-state index in [1.807, 2.05) is 30.3 Å². The number of fused-ring (bicyclic) bond motifs is 1. The summed E-state index contributed by atoms with van der Waals surface area (Å²) in [5.74, 6) is 1.26. The van der Waals surface area contributed by atoms with E-state index in [4.69, 9.17) is 31.0 Å². The lowest BCUT2D eigenvalue weighted by atomic mass is 9.93. The smallest absolute Gasteiger partial charge is 0.251 e. The third kappa shape index (κ3) is 7.65. The maximum Gasteiger partial charge on any atom is 0.251 e. The highest BCUT2D eigenvalue weighted by Gasteiger charge is 2.31. The molecule has 2 aromatic heterocycles. The molecule has 2 saturated heterocycles. The van der Waals surface area contributed by atoms with Crippen LogP contribution in [0.2, 0.25) is 5.02 Å². The Hall–Kier alpha value is -4.29. The predicted octanol–water partition coefficient (Wildman–Crippen LogP) is 6.27. The second-order valence-corrected chi connectivity index (χ2v) is 13.6. The van der Waals surface area contributed by atoms with Crippen LogP contribution >= 0.6 is 11.6 Å². The molecule has 0 aliphatic carbocycles. The molecule has 0 saturated carbocycles. The van der Waals surface area contributed by atoms with Crippen LogP contribution in [0.1, 0.15) is 63.8 Å². The highest BCUT2D eigenvalue weighted by atomic mass is 35.5. The average molecular weight is 697 g/mol. The van der Waals surface area contributed by atoms with Gasteiger partial charge in [0.2, 0.25) is 5.88 Å². The second-order valence-electron chi connectivity index (χ2n) is 12.6. The zero-order valence-electron chi connectivity index (χ0n) is 26.8. The molecule has 1 amide bonds. The number of aromatic hydroxyl groups is 1. The summed E-state index contributed by atoms with van der Waals surface area (Å²) >= 11 is 5.88. The van der Waals surface area contributed by atoms with E-state index in [9.17, 15) is 14.3 Å². The van der Waals surface area contributed by atoms with Gasteiger partial charge in [0, 0.05) is 52.6 Å². The van der Waals surface area contributed by atoms with Crippen LogP contribution in [0.15, 0.2) is 78.9 Å². The van der Waals surface area contributed by atoms with E-state index in [2.05, 4.69) is 25.0 Å². The molecule has 3 radical (unpaired) electrons. The van der Waals surface area contributed by atoms with E-state index in [-0.39, 0.29) is 36.0 Å². The van der Waals surface area contributed by atoms with Crippen molar-refractivity contribution in [3.63, 3.8) is 0 Å². The minimum atomic E-state index is -0.399. The van der Waals surface area contributed by atoms with Gasteiger partial charge in [-0.15, -0.1) is 0 Å². The summed E-state index contributed by atoms with van der Waals surface area (Å²) in [5.41, 5.74) is 4.43. The molecular weight excluding hydrogens is 661 g/mol. The Morgan fingerprint density at radius 3 is 2.59 bits per heavy atom. The number of ether oxygens (including phenoxy) is 2. The van der Waals surface area contributed by atoms with Crippen molar-refractivity contribution in [1.29, 1.82) is 0 Å². The second kappa shape index (κ2) is 14.7. The van der Waals surface area contributed by atoms with Gasteiger partial charge in [0.05, 0.1) is 33.9 Å². The molecule has 2 aliphatic rings. The first-order valence-corrected chi connectivity index (χ1v) is 17.4. The van der Waals surface area contributed by atoms with Crippen LogP contribution in [0.4, 0.5) is 4.39 Å². The Morgan fingerprint density at radius 1 is 1.06 bits per heavy atom. The summed E-state index contributed by atoms with van der Waals surface area (Å²) < 4.78 is 28.1. The molecule has 2 atom stereocenters. The number of phenols is 1. The summed E-state index contributed by atoms with van der Waals surface area (Å²) in [6.07, 6.45) is 2.86. The summed E-state index contributed by atoms with van der Waals surface area (Å²) in [6.45, 7) is 3.56. The molecule has 0 spiro atoms. The number of phenolic OH excluding ortho intramolecular Hbond substituents is 1. The lowest BCUT2D eigenvalue weighted by Gasteiger charge is -2.35. The van der Waals surface area contributed by atoms with Crippen LogP contribution in [0, 0.1) is 5.82 Å².